The maximum atomic E-state index is 12.5. The average molecular weight is 392 g/mol. The molecule has 0 atom stereocenters. The van der Waals surface area contributed by atoms with Crippen molar-refractivity contribution in [3.63, 3.8) is 0 Å². The maximum Gasteiger partial charge on any atom is 0.432 e. The summed E-state index contributed by atoms with van der Waals surface area (Å²) in [5, 5.41) is 7.39. The summed E-state index contributed by atoms with van der Waals surface area (Å²) in [5.41, 5.74) is 3.80. The van der Waals surface area contributed by atoms with E-state index in [4.69, 9.17) is 27.5 Å². The van der Waals surface area contributed by atoms with Crippen LogP contribution in [-0.4, -0.2) is 42.5 Å². The Morgan fingerprint density at radius 2 is 2.04 bits per heavy atom. The van der Waals surface area contributed by atoms with Gasteiger partial charge in [-0.2, -0.15) is 13.2 Å². The van der Waals surface area contributed by atoms with E-state index in [-0.39, 0.29) is 13.1 Å². The molecular weight excluding hydrogens is 371 g/mol. The van der Waals surface area contributed by atoms with E-state index in [1.54, 1.807) is 24.3 Å². The zero-order valence-corrected chi connectivity index (χ0v) is 15.0. The van der Waals surface area contributed by atoms with Gasteiger partial charge in [0, 0.05) is 31.3 Å². The van der Waals surface area contributed by atoms with E-state index < -0.39 is 23.5 Å². The lowest BCUT2D eigenvalue weighted by atomic mass is 10.2. The van der Waals surface area contributed by atoms with Crippen molar-refractivity contribution in [1.82, 2.24) is 4.90 Å². The van der Waals surface area contributed by atoms with Crippen LogP contribution in [0.25, 0.3) is 0 Å². The van der Waals surface area contributed by atoms with E-state index in [1.165, 1.54) is 4.90 Å². The van der Waals surface area contributed by atoms with Crippen molar-refractivity contribution in [2.24, 2.45) is 5.73 Å². The Bertz CT molecular complexity index is 663. The summed E-state index contributed by atoms with van der Waals surface area (Å²) in [6.07, 6.45) is -4.06. The number of hydrogen-bond acceptors (Lipinski definition) is 4. The minimum atomic E-state index is -4.87. The van der Waals surface area contributed by atoms with Gasteiger partial charge in [0.05, 0.1) is 5.70 Å². The van der Waals surface area contributed by atoms with Gasteiger partial charge in [0.15, 0.2) is 0 Å². The number of carbonyl (C=O) groups excluding carboxylic acids is 1. The molecule has 1 aromatic rings. The number of hydrogen-bond donors (Lipinski definition) is 2. The molecule has 0 radical (unpaired) electrons. The molecule has 0 heterocycles. The highest BCUT2D eigenvalue weighted by atomic mass is 35.5. The number of allylic oxidation sites excluding steroid dienone is 1. The van der Waals surface area contributed by atoms with Gasteiger partial charge in [-0.25, -0.2) is 0 Å². The van der Waals surface area contributed by atoms with E-state index in [2.05, 4.69) is 0 Å². The van der Waals surface area contributed by atoms with Gasteiger partial charge in [-0.3, -0.25) is 10.2 Å². The first-order valence-electron chi connectivity index (χ1n) is 7.90. The summed E-state index contributed by atoms with van der Waals surface area (Å²) in [6, 6.07) is 6.83. The first kappa shape index (κ1) is 22.0. The molecular formula is C17H21ClF3N3O2. The number of alkyl halides is 3. The number of amides is 1. The molecule has 0 fully saturated rings. The second kappa shape index (κ2) is 10.2. The second-order valence-corrected chi connectivity index (χ2v) is 5.79. The molecule has 0 spiro atoms. The van der Waals surface area contributed by atoms with Crippen LogP contribution >= 0.6 is 11.6 Å². The molecule has 0 aliphatic carbocycles. The van der Waals surface area contributed by atoms with Gasteiger partial charge in [0.2, 0.25) is 0 Å². The van der Waals surface area contributed by atoms with Gasteiger partial charge < -0.3 is 15.4 Å². The summed E-state index contributed by atoms with van der Waals surface area (Å²) in [5.74, 6) is -0.796. The van der Waals surface area contributed by atoms with Gasteiger partial charge in [-0.15, -0.1) is 0 Å². The minimum absolute atomic E-state index is 0.0819. The monoisotopic (exact) mass is 391 g/mol. The molecule has 26 heavy (non-hydrogen) atoms. The molecule has 5 nitrogen and oxygen atoms in total. The van der Waals surface area contributed by atoms with E-state index in [1.807, 2.05) is 6.92 Å². The SMILES string of the molecule is CCOCCCN(Cc1ccccc1Cl)C(=O)/C(N)=C/C(=N)C(F)(F)F. The number of ether oxygens (including phenoxy) is 1. The third-order valence-corrected chi connectivity index (χ3v) is 3.75. The predicted octanol–water partition coefficient (Wildman–Crippen LogP) is 3.52. The largest absolute Gasteiger partial charge is 0.432 e. The fourth-order valence-corrected chi connectivity index (χ4v) is 2.26. The molecule has 1 rings (SSSR count). The summed E-state index contributed by atoms with van der Waals surface area (Å²) in [7, 11) is 0. The van der Waals surface area contributed by atoms with E-state index in [0.29, 0.717) is 36.3 Å². The highest BCUT2D eigenvalue weighted by molar-refractivity contribution is 6.31. The van der Waals surface area contributed by atoms with Crippen molar-refractivity contribution in [2.75, 3.05) is 19.8 Å². The number of nitrogens with two attached hydrogens (primary N) is 1. The zero-order valence-electron chi connectivity index (χ0n) is 14.3. The fourth-order valence-electron chi connectivity index (χ4n) is 2.07. The van der Waals surface area contributed by atoms with Crippen LogP contribution in [0.2, 0.25) is 5.02 Å². The highest BCUT2D eigenvalue weighted by Crippen LogP contribution is 2.19. The van der Waals surface area contributed by atoms with Crippen LogP contribution in [0, 0.1) is 5.41 Å². The van der Waals surface area contributed by atoms with Gasteiger partial charge >= 0.3 is 6.18 Å². The smallest absolute Gasteiger partial charge is 0.394 e. The van der Waals surface area contributed by atoms with Crippen molar-refractivity contribution >= 4 is 23.2 Å². The van der Waals surface area contributed by atoms with Crippen molar-refractivity contribution < 1.29 is 22.7 Å². The van der Waals surface area contributed by atoms with Crippen LogP contribution in [0.3, 0.4) is 0 Å². The molecule has 0 saturated carbocycles. The molecule has 1 aromatic carbocycles. The van der Waals surface area contributed by atoms with E-state index >= 15 is 0 Å². The molecule has 0 saturated heterocycles. The Kier molecular flexibility index (Phi) is 8.60. The predicted molar refractivity (Wildman–Crippen MR) is 94.0 cm³/mol. The van der Waals surface area contributed by atoms with E-state index in [9.17, 15) is 18.0 Å². The molecule has 0 aliphatic heterocycles. The van der Waals surface area contributed by atoms with E-state index in [0.717, 1.165) is 0 Å². The number of rotatable bonds is 9. The van der Waals surface area contributed by atoms with Crippen LogP contribution in [0.15, 0.2) is 36.0 Å². The normalized spacial score (nSPS) is 12.1. The fraction of sp³-hybridized carbons (Fsp3) is 0.412. The van der Waals surface area contributed by atoms with Crippen LogP contribution in [0.5, 0.6) is 0 Å². The first-order valence-corrected chi connectivity index (χ1v) is 8.28. The van der Waals surface area contributed by atoms with Gasteiger partial charge in [-0.1, -0.05) is 29.8 Å². The molecule has 3 N–H and O–H groups in total. The summed E-state index contributed by atoms with van der Waals surface area (Å²) < 4.78 is 42.6. The molecule has 0 aromatic heterocycles. The van der Waals surface area contributed by atoms with Gasteiger partial charge in [0.1, 0.15) is 5.71 Å². The second-order valence-electron chi connectivity index (χ2n) is 5.38. The minimum Gasteiger partial charge on any atom is -0.394 e. The summed E-state index contributed by atoms with van der Waals surface area (Å²) in [4.78, 5) is 13.8. The molecule has 0 bridgehead atoms. The lowest BCUT2D eigenvalue weighted by Gasteiger charge is -2.23. The number of benzene rings is 1. The standard InChI is InChI=1S/C17H21ClF3N3O2/c1-2-26-9-5-8-24(11-12-6-3-4-7-13(12)18)16(25)14(22)10-15(23)17(19,20)21/h3-4,6-7,10,23H,2,5,8-9,11,22H2,1H3/b14-10-,23-15?. The van der Waals surface area contributed by atoms with Crippen molar-refractivity contribution in [3.05, 3.63) is 46.6 Å². The molecule has 9 heteroatoms. The van der Waals surface area contributed by atoms with Crippen LogP contribution in [0.4, 0.5) is 13.2 Å². The third-order valence-electron chi connectivity index (χ3n) is 3.38. The zero-order chi connectivity index (χ0) is 19.7. The lowest BCUT2D eigenvalue weighted by molar-refractivity contribution is -0.128. The molecule has 1 amide bonds. The molecule has 0 unspecified atom stereocenters. The quantitative estimate of drug-likeness (QED) is 0.384. The lowest BCUT2D eigenvalue weighted by Crippen LogP contribution is -2.36. The Hall–Kier alpha value is -2.06. The number of nitrogens with one attached hydrogen (secondary N) is 1. The number of nitrogens with zero attached hydrogens (tertiary/aromatic N) is 1. The topological polar surface area (TPSA) is 79.4 Å². The molecule has 0 aliphatic rings. The Morgan fingerprint density at radius 3 is 2.62 bits per heavy atom. The van der Waals surface area contributed by atoms with Crippen LogP contribution in [0.1, 0.15) is 18.9 Å². The maximum absolute atomic E-state index is 12.5. The van der Waals surface area contributed by atoms with Crippen molar-refractivity contribution in [2.45, 2.75) is 26.1 Å². The number of carbonyl (C=O) groups is 1. The molecule has 144 valence electrons. The summed E-state index contributed by atoms with van der Waals surface area (Å²) in [6.45, 7) is 3.04. The Labute approximate surface area is 155 Å². The van der Waals surface area contributed by atoms with Gasteiger partial charge in [0.25, 0.3) is 5.91 Å². The highest BCUT2D eigenvalue weighted by Gasteiger charge is 2.33. The first-order chi connectivity index (χ1) is 12.2. The average Bonchev–Trinajstić information content (AvgIpc) is 2.57. The van der Waals surface area contributed by atoms with Crippen LogP contribution in [-0.2, 0) is 16.1 Å². The van der Waals surface area contributed by atoms with Crippen LogP contribution < -0.4 is 5.73 Å². The summed E-state index contributed by atoms with van der Waals surface area (Å²) >= 11 is 6.09. The van der Waals surface area contributed by atoms with Gasteiger partial charge in [-0.05, 0) is 31.1 Å². The van der Waals surface area contributed by atoms with Crippen molar-refractivity contribution in [3.8, 4) is 0 Å². The number of halogens is 4. The Balaban J connectivity index is 2.95. The van der Waals surface area contributed by atoms with Crippen molar-refractivity contribution in [1.29, 1.82) is 5.41 Å². The third kappa shape index (κ3) is 7.05. The Morgan fingerprint density at radius 1 is 1.38 bits per heavy atom.